The van der Waals surface area contributed by atoms with E-state index >= 15 is 0 Å². The fourth-order valence-electron chi connectivity index (χ4n) is 2.05. The van der Waals surface area contributed by atoms with Gasteiger partial charge >= 0.3 is 0 Å². The maximum absolute atomic E-state index is 13.5. The Morgan fingerprint density at radius 2 is 2.11 bits per heavy atom. The first kappa shape index (κ1) is 13.0. The summed E-state index contributed by atoms with van der Waals surface area (Å²) in [4.78, 5) is 11.9. The van der Waals surface area contributed by atoms with Crippen LogP contribution in [0.5, 0.6) is 0 Å². The van der Waals surface area contributed by atoms with E-state index in [-0.39, 0.29) is 11.5 Å². The van der Waals surface area contributed by atoms with Crippen molar-refractivity contribution in [2.75, 3.05) is 0 Å². The zero-order valence-corrected chi connectivity index (χ0v) is 10.2. The number of hydrogen-bond donors (Lipinski definition) is 2. The highest BCUT2D eigenvalue weighted by Gasteiger charge is 2.40. The number of amides is 1. The molecule has 3 N–H and O–H groups in total. The Bertz CT molecular complexity index is 472. The lowest BCUT2D eigenvalue weighted by Gasteiger charge is -2.37. The molecule has 1 aromatic rings. The Kier molecular flexibility index (Phi) is 3.34. The van der Waals surface area contributed by atoms with Crippen molar-refractivity contribution in [2.45, 2.75) is 37.8 Å². The average Bonchev–Trinajstić information content (AvgIpc) is 2.28. The molecule has 0 saturated heterocycles. The van der Waals surface area contributed by atoms with Crippen molar-refractivity contribution < 1.29 is 13.6 Å². The van der Waals surface area contributed by atoms with Crippen molar-refractivity contribution in [1.29, 1.82) is 0 Å². The summed E-state index contributed by atoms with van der Waals surface area (Å²) in [6.45, 7) is 1.61. The van der Waals surface area contributed by atoms with Crippen LogP contribution in [0, 0.1) is 11.6 Å². The number of halogens is 2. The maximum atomic E-state index is 13.5. The van der Waals surface area contributed by atoms with Gasteiger partial charge in [-0.1, -0.05) is 0 Å². The molecule has 2 rings (SSSR count). The molecule has 1 unspecified atom stereocenters. The van der Waals surface area contributed by atoms with Gasteiger partial charge in [-0.05, 0) is 44.4 Å². The van der Waals surface area contributed by atoms with E-state index in [1.807, 2.05) is 0 Å². The molecule has 0 bridgehead atoms. The average molecular weight is 254 g/mol. The minimum Gasteiger partial charge on any atom is -0.348 e. The molecule has 0 aliphatic heterocycles. The lowest BCUT2D eigenvalue weighted by molar-refractivity contribution is -0.129. The zero-order chi connectivity index (χ0) is 13.3. The van der Waals surface area contributed by atoms with Gasteiger partial charge in [0.15, 0.2) is 0 Å². The summed E-state index contributed by atoms with van der Waals surface area (Å²) >= 11 is 0. The van der Waals surface area contributed by atoms with Crippen LogP contribution in [0.3, 0.4) is 0 Å². The number of hydrogen-bond acceptors (Lipinski definition) is 2. The lowest BCUT2D eigenvalue weighted by Crippen LogP contribution is -2.58. The van der Waals surface area contributed by atoms with E-state index in [0.29, 0.717) is 12.8 Å². The standard InChI is InChI=1S/C13H16F2N2O/c1-8(10-7-9(14)3-4-11(10)15)17-12(18)13(16)5-2-6-13/h3-4,7-8H,2,5-6,16H2,1H3,(H,17,18). The van der Waals surface area contributed by atoms with Gasteiger partial charge < -0.3 is 11.1 Å². The van der Waals surface area contributed by atoms with Gasteiger partial charge in [0.1, 0.15) is 11.6 Å². The van der Waals surface area contributed by atoms with Gasteiger partial charge in [-0.25, -0.2) is 8.78 Å². The molecule has 5 heteroatoms. The van der Waals surface area contributed by atoms with E-state index in [4.69, 9.17) is 5.73 Å². The minimum atomic E-state index is -0.835. The normalized spacial score (nSPS) is 18.9. The third-order valence-electron chi connectivity index (χ3n) is 3.47. The first-order valence-corrected chi connectivity index (χ1v) is 5.97. The summed E-state index contributed by atoms with van der Waals surface area (Å²) in [5.41, 5.74) is 5.16. The molecule has 1 atom stereocenters. The van der Waals surface area contributed by atoms with Gasteiger partial charge in [-0.3, -0.25) is 4.79 Å². The van der Waals surface area contributed by atoms with Crippen molar-refractivity contribution in [3.63, 3.8) is 0 Å². The number of carbonyl (C=O) groups excluding carboxylic acids is 1. The Hall–Kier alpha value is -1.49. The van der Waals surface area contributed by atoms with Crippen LogP contribution in [-0.2, 0) is 4.79 Å². The molecule has 1 fully saturated rings. The predicted molar refractivity (Wildman–Crippen MR) is 63.7 cm³/mol. The summed E-state index contributed by atoms with van der Waals surface area (Å²) in [6, 6.07) is 2.58. The molecule has 0 radical (unpaired) electrons. The van der Waals surface area contributed by atoms with Crippen molar-refractivity contribution >= 4 is 5.91 Å². The highest BCUT2D eigenvalue weighted by atomic mass is 19.1. The van der Waals surface area contributed by atoms with Gasteiger partial charge in [-0.15, -0.1) is 0 Å². The number of nitrogens with one attached hydrogen (secondary N) is 1. The van der Waals surface area contributed by atoms with Gasteiger partial charge in [-0.2, -0.15) is 0 Å². The molecule has 0 spiro atoms. The van der Waals surface area contributed by atoms with Crippen LogP contribution in [-0.4, -0.2) is 11.4 Å². The monoisotopic (exact) mass is 254 g/mol. The maximum Gasteiger partial charge on any atom is 0.240 e. The van der Waals surface area contributed by atoms with E-state index in [1.54, 1.807) is 6.92 Å². The third kappa shape index (κ3) is 2.36. The number of benzene rings is 1. The largest absolute Gasteiger partial charge is 0.348 e. The molecular formula is C13H16F2N2O. The van der Waals surface area contributed by atoms with Crippen molar-refractivity contribution in [2.24, 2.45) is 5.73 Å². The Balaban J connectivity index is 2.09. The molecule has 3 nitrogen and oxygen atoms in total. The zero-order valence-electron chi connectivity index (χ0n) is 10.2. The van der Waals surface area contributed by atoms with E-state index in [2.05, 4.69) is 5.32 Å². The number of nitrogens with two attached hydrogens (primary N) is 1. The highest BCUT2D eigenvalue weighted by molar-refractivity contribution is 5.87. The van der Waals surface area contributed by atoms with Crippen LogP contribution < -0.4 is 11.1 Å². The van der Waals surface area contributed by atoms with E-state index in [0.717, 1.165) is 24.6 Å². The highest BCUT2D eigenvalue weighted by Crippen LogP contribution is 2.30. The minimum absolute atomic E-state index is 0.131. The van der Waals surface area contributed by atoms with Crippen LogP contribution >= 0.6 is 0 Å². The smallest absolute Gasteiger partial charge is 0.240 e. The lowest BCUT2D eigenvalue weighted by atomic mass is 9.77. The van der Waals surface area contributed by atoms with Crippen molar-refractivity contribution in [1.82, 2.24) is 5.32 Å². The molecule has 1 aromatic carbocycles. The molecule has 1 aliphatic rings. The second-order valence-corrected chi connectivity index (χ2v) is 4.87. The van der Waals surface area contributed by atoms with Gasteiger partial charge in [0, 0.05) is 5.56 Å². The molecule has 98 valence electrons. The van der Waals surface area contributed by atoms with Gasteiger partial charge in [0.05, 0.1) is 11.6 Å². The van der Waals surface area contributed by atoms with Gasteiger partial charge in [0.25, 0.3) is 0 Å². The molecule has 1 aliphatic carbocycles. The predicted octanol–water partition coefficient (Wildman–Crippen LogP) is 2.02. The SMILES string of the molecule is CC(NC(=O)C1(N)CCC1)c1cc(F)ccc1F. The molecule has 0 aromatic heterocycles. The Morgan fingerprint density at radius 3 is 2.67 bits per heavy atom. The Morgan fingerprint density at radius 1 is 1.44 bits per heavy atom. The van der Waals surface area contributed by atoms with Crippen LogP contribution in [0.2, 0.25) is 0 Å². The Labute approximate surface area is 104 Å². The summed E-state index contributed by atoms with van der Waals surface area (Å²) in [5, 5.41) is 2.64. The molecule has 1 saturated carbocycles. The van der Waals surface area contributed by atoms with Crippen LogP contribution in [0.1, 0.15) is 37.8 Å². The number of rotatable bonds is 3. The second-order valence-electron chi connectivity index (χ2n) is 4.87. The van der Waals surface area contributed by atoms with E-state index in [1.165, 1.54) is 0 Å². The molecule has 18 heavy (non-hydrogen) atoms. The first-order valence-electron chi connectivity index (χ1n) is 5.97. The summed E-state index contributed by atoms with van der Waals surface area (Å²) < 4.78 is 26.6. The van der Waals surface area contributed by atoms with Crippen LogP contribution in [0.4, 0.5) is 8.78 Å². The van der Waals surface area contributed by atoms with Crippen LogP contribution in [0.15, 0.2) is 18.2 Å². The summed E-state index contributed by atoms with van der Waals surface area (Å²) in [7, 11) is 0. The summed E-state index contributed by atoms with van der Waals surface area (Å²) in [6.07, 6.45) is 2.20. The topological polar surface area (TPSA) is 55.1 Å². The molecule has 0 heterocycles. The quantitative estimate of drug-likeness (QED) is 0.867. The fraction of sp³-hybridized carbons (Fsp3) is 0.462. The van der Waals surface area contributed by atoms with Crippen molar-refractivity contribution in [3.05, 3.63) is 35.4 Å². The van der Waals surface area contributed by atoms with Crippen LogP contribution in [0.25, 0.3) is 0 Å². The first-order chi connectivity index (χ1) is 8.42. The molecule has 1 amide bonds. The second kappa shape index (κ2) is 4.65. The summed E-state index contributed by atoms with van der Waals surface area (Å²) in [5.74, 6) is -1.37. The number of carbonyl (C=O) groups is 1. The fourth-order valence-corrected chi connectivity index (χ4v) is 2.05. The van der Waals surface area contributed by atoms with E-state index < -0.39 is 23.2 Å². The van der Waals surface area contributed by atoms with Crippen molar-refractivity contribution in [3.8, 4) is 0 Å². The third-order valence-corrected chi connectivity index (χ3v) is 3.47. The van der Waals surface area contributed by atoms with E-state index in [9.17, 15) is 13.6 Å². The van der Waals surface area contributed by atoms with Gasteiger partial charge in [0.2, 0.25) is 5.91 Å². The molecular weight excluding hydrogens is 238 g/mol.